The van der Waals surface area contributed by atoms with Crippen LogP contribution in [0.1, 0.15) is 53.4 Å². The lowest BCUT2D eigenvalue weighted by Crippen LogP contribution is -2.31. The van der Waals surface area contributed by atoms with E-state index in [1.807, 2.05) is 13.8 Å². The maximum atomic E-state index is 12.3. The first-order valence-corrected chi connectivity index (χ1v) is 9.62. The molecule has 1 amide bonds. The van der Waals surface area contributed by atoms with Crippen molar-refractivity contribution in [1.82, 2.24) is 5.06 Å². The third-order valence-electron chi connectivity index (χ3n) is 3.05. The van der Waals surface area contributed by atoms with E-state index in [1.165, 1.54) is 12.0 Å². The number of carbonyl (C=O) groups is 1. The van der Waals surface area contributed by atoms with Crippen LogP contribution in [0.4, 0.5) is 0 Å². The first kappa shape index (κ1) is 19.6. The van der Waals surface area contributed by atoms with Gasteiger partial charge in [0, 0.05) is 25.8 Å². The van der Waals surface area contributed by atoms with Gasteiger partial charge in [0.25, 0.3) is 0 Å². The van der Waals surface area contributed by atoms with Gasteiger partial charge in [-0.15, -0.1) is 0 Å². The summed E-state index contributed by atoms with van der Waals surface area (Å²) in [4.78, 5) is 16.9. The molecule has 0 N–H and O–H groups in total. The zero-order chi connectivity index (χ0) is 15.4. The van der Waals surface area contributed by atoms with Gasteiger partial charge in [-0.05, 0) is 19.8 Å². The second-order valence-electron chi connectivity index (χ2n) is 4.79. The molecule has 120 valence electrons. The average molecular weight is 307 g/mol. The third-order valence-corrected chi connectivity index (χ3v) is 5.74. The molecule has 0 aliphatic heterocycles. The quantitative estimate of drug-likeness (QED) is 0.313. The summed E-state index contributed by atoms with van der Waals surface area (Å²) in [6.07, 6.45) is 4.85. The largest absolute Gasteiger partial charge is 0.329 e. The first-order chi connectivity index (χ1) is 9.49. The smallest absolute Gasteiger partial charge is 0.242 e. The molecule has 0 rings (SSSR count). The molecule has 1 atom stereocenters. The molecule has 6 heteroatoms. The summed E-state index contributed by atoms with van der Waals surface area (Å²) in [5.74, 6) is -0.107. The molecule has 1 unspecified atom stereocenters. The van der Waals surface area contributed by atoms with Crippen molar-refractivity contribution in [2.24, 2.45) is 0 Å². The molecule has 0 spiro atoms. The van der Waals surface area contributed by atoms with Crippen molar-refractivity contribution in [3.05, 3.63) is 0 Å². The van der Waals surface area contributed by atoms with Crippen molar-refractivity contribution < 1.29 is 18.7 Å². The third kappa shape index (κ3) is 8.72. The summed E-state index contributed by atoms with van der Waals surface area (Å²) < 4.78 is 17.6. The molecule has 0 radical (unpaired) electrons. The van der Waals surface area contributed by atoms with Crippen molar-refractivity contribution in [1.29, 1.82) is 0 Å². The average Bonchev–Trinajstić information content (AvgIpc) is 2.41. The Morgan fingerprint density at radius 3 is 2.35 bits per heavy atom. The van der Waals surface area contributed by atoms with Crippen molar-refractivity contribution in [3.8, 4) is 0 Å². The maximum absolute atomic E-state index is 12.3. The van der Waals surface area contributed by atoms with Gasteiger partial charge >= 0.3 is 0 Å². The highest BCUT2D eigenvalue weighted by Crippen LogP contribution is 2.46. The highest BCUT2D eigenvalue weighted by Gasteiger charge is 2.20. The number of hydrogen-bond donors (Lipinski definition) is 0. The van der Waals surface area contributed by atoms with Crippen LogP contribution >= 0.6 is 7.37 Å². The summed E-state index contributed by atoms with van der Waals surface area (Å²) in [6, 6.07) is 0. The van der Waals surface area contributed by atoms with Crippen LogP contribution in [-0.2, 0) is 18.7 Å². The van der Waals surface area contributed by atoms with Crippen LogP contribution in [0.25, 0.3) is 0 Å². The van der Waals surface area contributed by atoms with Crippen LogP contribution in [-0.4, -0.2) is 43.1 Å². The standard InChI is InChI=1S/C14H30NO4P/c1-5-8-9-12-18-15(14(4)16)11-10-13-20(17,7-3)19-6-2/h5-13H2,1-4H3. The summed E-state index contributed by atoms with van der Waals surface area (Å²) in [7, 11) is -2.52. The lowest BCUT2D eigenvalue weighted by molar-refractivity contribution is -0.184. The summed E-state index contributed by atoms with van der Waals surface area (Å²) in [6.45, 7) is 8.83. The van der Waals surface area contributed by atoms with Gasteiger partial charge < -0.3 is 4.52 Å². The van der Waals surface area contributed by atoms with Gasteiger partial charge in [0.15, 0.2) is 0 Å². The van der Waals surface area contributed by atoms with Crippen LogP contribution < -0.4 is 0 Å². The SMILES string of the molecule is CCCCCON(CCCP(=O)(CC)OCC)C(C)=O. The van der Waals surface area contributed by atoms with Crippen LogP contribution in [0.3, 0.4) is 0 Å². The summed E-state index contributed by atoms with van der Waals surface area (Å²) >= 11 is 0. The number of hydrogen-bond acceptors (Lipinski definition) is 4. The molecule has 0 aliphatic rings. The van der Waals surface area contributed by atoms with Crippen molar-refractivity contribution in [2.45, 2.75) is 53.4 Å². The number of nitrogens with zero attached hydrogens (tertiary/aromatic N) is 1. The molecule has 0 fully saturated rings. The topological polar surface area (TPSA) is 55.8 Å². The number of hydroxylamine groups is 2. The van der Waals surface area contributed by atoms with E-state index in [0.29, 0.717) is 38.5 Å². The van der Waals surface area contributed by atoms with Crippen LogP contribution in [0, 0.1) is 0 Å². The van der Waals surface area contributed by atoms with E-state index in [2.05, 4.69) is 6.92 Å². The minimum atomic E-state index is -2.52. The second-order valence-corrected chi connectivity index (χ2v) is 7.75. The van der Waals surface area contributed by atoms with Gasteiger partial charge in [0.1, 0.15) is 0 Å². The van der Waals surface area contributed by atoms with Gasteiger partial charge in [0.2, 0.25) is 13.3 Å². The molecule has 0 heterocycles. The van der Waals surface area contributed by atoms with Crippen molar-refractivity contribution >= 4 is 13.3 Å². The Kier molecular flexibility index (Phi) is 11.1. The molecule has 0 bridgehead atoms. The van der Waals surface area contributed by atoms with Gasteiger partial charge in [-0.25, -0.2) is 5.06 Å². The molecule has 0 aromatic heterocycles. The Morgan fingerprint density at radius 2 is 1.85 bits per heavy atom. The Hall–Kier alpha value is -0.380. The van der Waals surface area contributed by atoms with E-state index >= 15 is 0 Å². The van der Waals surface area contributed by atoms with E-state index in [0.717, 1.165) is 19.3 Å². The fourth-order valence-electron chi connectivity index (χ4n) is 1.84. The zero-order valence-electron chi connectivity index (χ0n) is 13.4. The van der Waals surface area contributed by atoms with E-state index in [9.17, 15) is 9.36 Å². The maximum Gasteiger partial charge on any atom is 0.242 e. The molecule has 0 saturated heterocycles. The van der Waals surface area contributed by atoms with Crippen LogP contribution in [0.15, 0.2) is 0 Å². The minimum absolute atomic E-state index is 0.107. The van der Waals surface area contributed by atoms with Gasteiger partial charge in [-0.1, -0.05) is 26.7 Å². The normalized spacial score (nSPS) is 14.0. The van der Waals surface area contributed by atoms with Crippen molar-refractivity contribution in [3.63, 3.8) is 0 Å². The van der Waals surface area contributed by atoms with Crippen LogP contribution in [0.2, 0.25) is 0 Å². The first-order valence-electron chi connectivity index (χ1n) is 7.62. The highest BCUT2D eigenvalue weighted by atomic mass is 31.2. The summed E-state index contributed by atoms with van der Waals surface area (Å²) in [5, 5.41) is 1.38. The molecule has 5 nitrogen and oxygen atoms in total. The fraction of sp³-hybridized carbons (Fsp3) is 0.929. The molecule has 0 aliphatic carbocycles. The second kappa shape index (κ2) is 11.3. The number of unbranched alkanes of at least 4 members (excludes halogenated alkanes) is 2. The molecular formula is C14H30NO4P. The lowest BCUT2D eigenvalue weighted by atomic mass is 10.3. The molecule has 0 aromatic rings. The Morgan fingerprint density at radius 1 is 1.15 bits per heavy atom. The Labute approximate surface area is 123 Å². The summed E-state index contributed by atoms with van der Waals surface area (Å²) in [5.41, 5.74) is 0. The minimum Gasteiger partial charge on any atom is -0.329 e. The molecule has 0 saturated carbocycles. The number of carbonyl (C=O) groups excluding carboxylic acids is 1. The molecule has 20 heavy (non-hydrogen) atoms. The number of rotatable bonds is 12. The van der Waals surface area contributed by atoms with E-state index in [1.54, 1.807) is 0 Å². The Bertz CT molecular complexity index is 310. The van der Waals surface area contributed by atoms with Crippen molar-refractivity contribution in [2.75, 3.05) is 32.1 Å². The lowest BCUT2D eigenvalue weighted by Gasteiger charge is -2.22. The predicted molar refractivity (Wildman–Crippen MR) is 82.1 cm³/mol. The number of amides is 1. The predicted octanol–water partition coefficient (Wildman–Crippen LogP) is 3.68. The van der Waals surface area contributed by atoms with Gasteiger partial charge in [-0.2, -0.15) is 0 Å². The Balaban J connectivity index is 4.08. The van der Waals surface area contributed by atoms with Crippen LogP contribution in [0.5, 0.6) is 0 Å². The molecular weight excluding hydrogens is 277 g/mol. The monoisotopic (exact) mass is 307 g/mol. The fourth-order valence-corrected chi connectivity index (χ4v) is 3.57. The van der Waals surface area contributed by atoms with E-state index in [4.69, 9.17) is 9.36 Å². The zero-order valence-corrected chi connectivity index (χ0v) is 14.3. The molecule has 0 aromatic carbocycles. The van der Waals surface area contributed by atoms with E-state index < -0.39 is 7.37 Å². The highest BCUT2D eigenvalue weighted by molar-refractivity contribution is 7.58. The van der Waals surface area contributed by atoms with Gasteiger partial charge in [-0.3, -0.25) is 14.2 Å². The van der Waals surface area contributed by atoms with E-state index in [-0.39, 0.29) is 5.91 Å². The van der Waals surface area contributed by atoms with Gasteiger partial charge in [0.05, 0.1) is 13.2 Å².